The van der Waals surface area contributed by atoms with Gasteiger partial charge in [-0.25, -0.2) is 18.6 Å². The molecule has 0 fully saturated rings. The average molecular weight is 292 g/mol. The first kappa shape index (κ1) is 14.6. The van der Waals surface area contributed by atoms with Crippen molar-refractivity contribution < 1.29 is 23.5 Å². The summed E-state index contributed by atoms with van der Waals surface area (Å²) in [7, 11) is 0. The van der Waals surface area contributed by atoms with Crippen molar-refractivity contribution in [2.24, 2.45) is 0 Å². The van der Waals surface area contributed by atoms with E-state index in [4.69, 9.17) is 5.11 Å². The number of amides is 1. The number of hydrogen-bond acceptors (Lipinski definition) is 3. The number of pyridine rings is 1. The summed E-state index contributed by atoms with van der Waals surface area (Å²) >= 11 is 0. The fourth-order valence-corrected chi connectivity index (χ4v) is 1.62. The lowest BCUT2D eigenvalue weighted by Gasteiger charge is -2.05. The molecule has 0 spiro atoms. The molecule has 1 amide bonds. The molecule has 0 radical (unpaired) electrons. The lowest BCUT2D eigenvalue weighted by molar-refractivity contribution is -0.115. The zero-order valence-corrected chi connectivity index (χ0v) is 10.6. The number of carbonyl (C=O) groups excluding carboxylic acids is 1. The van der Waals surface area contributed by atoms with Crippen LogP contribution in [0.25, 0.3) is 0 Å². The van der Waals surface area contributed by atoms with E-state index in [2.05, 4.69) is 10.3 Å². The quantitative estimate of drug-likeness (QED) is 0.905. The Balaban J connectivity index is 2.01. The first-order valence-electron chi connectivity index (χ1n) is 5.89. The Morgan fingerprint density at radius 3 is 2.48 bits per heavy atom. The molecule has 0 saturated carbocycles. The number of halogens is 2. The zero-order chi connectivity index (χ0) is 15.4. The maximum atomic E-state index is 13.0. The van der Waals surface area contributed by atoms with Gasteiger partial charge in [0.2, 0.25) is 5.91 Å². The maximum absolute atomic E-state index is 13.0. The number of carbonyl (C=O) groups is 2. The van der Waals surface area contributed by atoms with Gasteiger partial charge in [-0.1, -0.05) is 6.07 Å². The molecule has 0 saturated heterocycles. The van der Waals surface area contributed by atoms with Crippen molar-refractivity contribution in [3.63, 3.8) is 0 Å². The van der Waals surface area contributed by atoms with E-state index in [1.807, 2.05) is 0 Å². The first-order chi connectivity index (χ1) is 9.95. The second-order valence-corrected chi connectivity index (χ2v) is 4.21. The smallest absolute Gasteiger partial charge is 0.337 e. The Hall–Kier alpha value is -2.83. The zero-order valence-electron chi connectivity index (χ0n) is 10.6. The van der Waals surface area contributed by atoms with E-state index in [0.29, 0.717) is 5.56 Å². The highest BCUT2D eigenvalue weighted by molar-refractivity contribution is 5.92. The molecular weight excluding hydrogens is 282 g/mol. The summed E-state index contributed by atoms with van der Waals surface area (Å²) in [6.45, 7) is 0. The van der Waals surface area contributed by atoms with Gasteiger partial charge >= 0.3 is 5.97 Å². The molecule has 1 aromatic carbocycles. The molecule has 2 aromatic rings. The van der Waals surface area contributed by atoms with E-state index in [9.17, 15) is 18.4 Å². The largest absolute Gasteiger partial charge is 0.478 e. The van der Waals surface area contributed by atoms with Gasteiger partial charge in [0, 0.05) is 6.20 Å². The molecule has 0 aliphatic carbocycles. The van der Waals surface area contributed by atoms with Crippen LogP contribution in [0.3, 0.4) is 0 Å². The van der Waals surface area contributed by atoms with Crippen LogP contribution >= 0.6 is 0 Å². The third-order valence-electron chi connectivity index (χ3n) is 2.63. The average Bonchev–Trinajstić information content (AvgIpc) is 2.43. The maximum Gasteiger partial charge on any atom is 0.337 e. The number of rotatable bonds is 4. The fourth-order valence-electron chi connectivity index (χ4n) is 1.62. The summed E-state index contributed by atoms with van der Waals surface area (Å²) in [6, 6.07) is 5.82. The Labute approximate surface area is 118 Å². The van der Waals surface area contributed by atoms with Gasteiger partial charge in [0.25, 0.3) is 0 Å². The molecule has 108 valence electrons. The molecule has 1 aromatic heterocycles. The fraction of sp³-hybridized carbons (Fsp3) is 0.0714. The van der Waals surface area contributed by atoms with Crippen molar-refractivity contribution in [3.8, 4) is 0 Å². The lowest BCUT2D eigenvalue weighted by atomic mass is 10.1. The number of benzene rings is 1. The molecule has 21 heavy (non-hydrogen) atoms. The van der Waals surface area contributed by atoms with E-state index in [0.717, 1.165) is 18.3 Å². The topological polar surface area (TPSA) is 79.3 Å². The van der Waals surface area contributed by atoms with Crippen LogP contribution in [0.5, 0.6) is 0 Å². The molecule has 0 aliphatic rings. The first-order valence-corrected chi connectivity index (χ1v) is 5.89. The molecule has 2 rings (SSSR count). The van der Waals surface area contributed by atoms with Crippen LogP contribution in [0.2, 0.25) is 0 Å². The predicted molar refractivity (Wildman–Crippen MR) is 69.9 cm³/mol. The van der Waals surface area contributed by atoms with Gasteiger partial charge < -0.3 is 10.4 Å². The summed E-state index contributed by atoms with van der Waals surface area (Å²) < 4.78 is 25.8. The molecule has 0 unspecified atom stereocenters. The molecule has 1 heterocycles. The van der Waals surface area contributed by atoms with Crippen molar-refractivity contribution in [2.75, 3.05) is 5.32 Å². The highest BCUT2D eigenvalue weighted by atomic mass is 19.2. The van der Waals surface area contributed by atoms with Gasteiger partial charge in [-0.3, -0.25) is 4.79 Å². The van der Waals surface area contributed by atoms with Crippen LogP contribution in [-0.2, 0) is 11.2 Å². The van der Waals surface area contributed by atoms with Crippen LogP contribution in [0.15, 0.2) is 36.5 Å². The van der Waals surface area contributed by atoms with Gasteiger partial charge in [0.1, 0.15) is 5.82 Å². The number of hydrogen-bond donors (Lipinski definition) is 2. The number of carboxylic acid groups (broad SMARTS) is 1. The summed E-state index contributed by atoms with van der Waals surface area (Å²) in [4.78, 5) is 26.1. The molecule has 0 bridgehead atoms. The molecule has 0 atom stereocenters. The molecule has 5 nitrogen and oxygen atoms in total. The van der Waals surface area contributed by atoms with Crippen LogP contribution < -0.4 is 5.32 Å². The van der Waals surface area contributed by atoms with Crippen LogP contribution in [0.1, 0.15) is 15.9 Å². The number of aromatic nitrogens is 1. The van der Waals surface area contributed by atoms with E-state index in [-0.39, 0.29) is 17.8 Å². The second-order valence-electron chi connectivity index (χ2n) is 4.21. The number of nitrogens with one attached hydrogen (secondary N) is 1. The standard InChI is InChI=1S/C14H10F2N2O3/c15-10-3-1-8(5-11(10)16)6-13(19)18-12-4-2-9(7-17-12)14(20)21/h1-5,7H,6H2,(H,20,21)(H,17,18,19). The van der Waals surface area contributed by atoms with Gasteiger partial charge in [-0.2, -0.15) is 0 Å². The van der Waals surface area contributed by atoms with Crippen molar-refractivity contribution in [1.82, 2.24) is 4.98 Å². The molecular formula is C14H10F2N2O3. The van der Waals surface area contributed by atoms with Gasteiger partial charge in [0.05, 0.1) is 12.0 Å². The summed E-state index contributed by atoms with van der Waals surface area (Å²) in [5, 5.41) is 11.1. The van der Waals surface area contributed by atoms with E-state index >= 15 is 0 Å². The minimum Gasteiger partial charge on any atom is -0.478 e. The van der Waals surface area contributed by atoms with Gasteiger partial charge in [-0.05, 0) is 29.8 Å². The Kier molecular flexibility index (Phi) is 4.22. The van der Waals surface area contributed by atoms with Crippen LogP contribution in [0, 0.1) is 11.6 Å². The van der Waals surface area contributed by atoms with Crippen LogP contribution in [-0.4, -0.2) is 22.0 Å². The van der Waals surface area contributed by atoms with Crippen molar-refractivity contribution in [3.05, 3.63) is 59.3 Å². The Bertz CT molecular complexity index is 687. The van der Waals surface area contributed by atoms with E-state index in [1.165, 1.54) is 18.2 Å². The third kappa shape index (κ3) is 3.82. The second kappa shape index (κ2) is 6.08. The monoisotopic (exact) mass is 292 g/mol. The minimum atomic E-state index is -1.12. The Morgan fingerprint density at radius 2 is 1.90 bits per heavy atom. The summed E-state index contributed by atoms with van der Waals surface area (Å²) in [5.74, 6) is -3.43. The summed E-state index contributed by atoms with van der Waals surface area (Å²) in [5.41, 5.74) is 0.308. The van der Waals surface area contributed by atoms with E-state index in [1.54, 1.807) is 0 Å². The van der Waals surface area contributed by atoms with Gasteiger partial charge in [-0.15, -0.1) is 0 Å². The third-order valence-corrected chi connectivity index (χ3v) is 2.63. The van der Waals surface area contributed by atoms with Crippen molar-refractivity contribution in [1.29, 1.82) is 0 Å². The summed E-state index contributed by atoms with van der Waals surface area (Å²) in [6.07, 6.45) is 0.953. The lowest BCUT2D eigenvalue weighted by Crippen LogP contribution is -2.15. The number of anilines is 1. The van der Waals surface area contributed by atoms with Gasteiger partial charge in [0.15, 0.2) is 11.6 Å². The highest BCUT2D eigenvalue weighted by Gasteiger charge is 2.09. The van der Waals surface area contributed by atoms with E-state index < -0.39 is 23.5 Å². The minimum absolute atomic E-state index is 0.00592. The molecule has 0 aliphatic heterocycles. The van der Waals surface area contributed by atoms with Crippen molar-refractivity contribution in [2.45, 2.75) is 6.42 Å². The Morgan fingerprint density at radius 1 is 1.14 bits per heavy atom. The van der Waals surface area contributed by atoms with Crippen LogP contribution in [0.4, 0.5) is 14.6 Å². The molecule has 2 N–H and O–H groups in total. The molecule has 7 heteroatoms. The number of carboxylic acids is 1. The number of aromatic carboxylic acids is 1. The SMILES string of the molecule is O=C(Cc1ccc(F)c(F)c1)Nc1ccc(C(=O)O)cn1. The highest BCUT2D eigenvalue weighted by Crippen LogP contribution is 2.11. The predicted octanol–water partition coefficient (Wildman–Crippen LogP) is 2.24. The van der Waals surface area contributed by atoms with Crippen molar-refractivity contribution >= 4 is 17.7 Å². The normalized spacial score (nSPS) is 10.2. The number of nitrogens with zero attached hydrogens (tertiary/aromatic N) is 1.